The minimum absolute atomic E-state index is 0.136. The third-order valence-electron chi connectivity index (χ3n) is 2.35. The van der Waals surface area contributed by atoms with Gasteiger partial charge in [-0.15, -0.1) is 11.3 Å². The standard InChI is InChI=1S/C12H20N2OS/c1-3-6-14-12(15)4-7-13-9-11-10(2)5-8-16-11/h5,8,13H,3-4,6-7,9H2,1-2H3,(H,14,15). The molecule has 3 nitrogen and oxygen atoms in total. The average molecular weight is 240 g/mol. The van der Waals surface area contributed by atoms with Crippen molar-refractivity contribution in [2.24, 2.45) is 0 Å². The first-order valence-corrected chi connectivity index (χ1v) is 6.62. The predicted molar refractivity (Wildman–Crippen MR) is 68.7 cm³/mol. The summed E-state index contributed by atoms with van der Waals surface area (Å²) in [6, 6.07) is 2.12. The first-order chi connectivity index (χ1) is 7.74. The molecule has 0 saturated carbocycles. The number of thiophene rings is 1. The molecule has 0 aliphatic heterocycles. The van der Waals surface area contributed by atoms with Gasteiger partial charge in [0.15, 0.2) is 0 Å². The van der Waals surface area contributed by atoms with Crippen LogP contribution in [0.15, 0.2) is 11.4 Å². The van der Waals surface area contributed by atoms with Crippen LogP contribution in [0.3, 0.4) is 0 Å². The number of rotatable bonds is 7. The SMILES string of the molecule is CCCNC(=O)CCNCc1sccc1C. The van der Waals surface area contributed by atoms with Gasteiger partial charge < -0.3 is 10.6 Å². The van der Waals surface area contributed by atoms with Gasteiger partial charge in [-0.3, -0.25) is 4.79 Å². The van der Waals surface area contributed by atoms with E-state index in [1.54, 1.807) is 11.3 Å². The van der Waals surface area contributed by atoms with Gasteiger partial charge in [0, 0.05) is 30.9 Å². The molecule has 0 fully saturated rings. The van der Waals surface area contributed by atoms with Gasteiger partial charge in [0.2, 0.25) is 5.91 Å². The van der Waals surface area contributed by atoms with Crippen LogP contribution in [0.1, 0.15) is 30.2 Å². The lowest BCUT2D eigenvalue weighted by atomic mass is 10.3. The fourth-order valence-corrected chi connectivity index (χ4v) is 2.22. The Labute approximate surface area is 101 Å². The Morgan fingerprint density at radius 1 is 1.44 bits per heavy atom. The largest absolute Gasteiger partial charge is 0.356 e. The number of aryl methyl sites for hydroxylation is 1. The van der Waals surface area contributed by atoms with Crippen molar-refractivity contribution in [2.45, 2.75) is 33.2 Å². The molecule has 1 heterocycles. The molecule has 1 amide bonds. The lowest BCUT2D eigenvalue weighted by Gasteiger charge is -2.05. The maximum atomic E-state index is 11.3. The van der Waals surface area contributed by atoms with Crippen LogP contribution in [0.5, 0.6) is 0 Å². The second kappa shape index (κ2) is 7.41. The van der Waals surface area contributed by atoms with Gasteiger partial charge in [0.05, 0.1) is 0 Å². The zero-order chi connectivity index (χ0) is 11.8. The topological polar surface area (TPSA) is 41.1 Å². The van der Waals surface area contributed by atoms with E-state index in [9.17, 15) is 4.79 Å². The minimum atomic E-state index is 0.136. The maximum Gasteiger partial charge on any atom is 0.221 e. The number of hydrogen-bond donors (Lipinski definition) is 2. The molecular formula is C12H20N2OS. The van der Waals surface area contributed by atoms with Crippen molar-refractivity contribution in [3.63, 3.8) is 0 Å². The first-order valence-electron chi connectivity index (χ1n) is 5.74. The average Bonchev–Trinajstić information content (AvgIpc) is 2.67. The summed E-state index contributed by atoms with van der Waals surface area (Å²) in [6.45, 7) is 6.56. The van der Waals surface area contributed by atoms with E-state index in [0.717, 1.165) is 26.1 Å². The highest BCUT2D eigenvalue weighted by molar-refractivity contribution is 7.10. The molecule has 0 aromatic carbocycles. The maximum absolute atomic E-state index is 11.3. The van der Waals surface area contributed by atoms with E-state index < -0.39 is 0 Å². The van der Waals surface area contributed by atoms with Gasteiger partial charge in [-0.2, -0.15) is 0 Å². The van der Waals surface area contributed by atoms with Crippen molar-refractivity contribution in [2.75, 3.05) is 13.1 Å². The molecule has 16 heavy (non-hydrogen) atoms. The summed E-state index contributed by atoms with van der Waals surface area (Å²) in [5.74, 6) is 0.136. The quantitative estimate of drug-likeness (QED) is 0.716. The Bertz CT molecular complexity index is 323. The van der Waals surface area contributed by atoms with E-state index >= 15 is 0 Å². The van der Waals surface area contributed by atoms with Gasteiger partial charge in [0.25, 0.3) is 0 Å². The minimum Gasteiger partial charge on any atom is -0.356 e. The molecular weight excluding hydrogens is 220 g/mol. The molecule has 4 heteroatoms. The summed E-state index contributed by atoms with van der Waals surface area (Å²) < 4.78 is 0. The zero-order valence-corrected chi connectivity index (χ0v) is 10.8. The van der Waals surface area contributed by atoms with Crippen molar-refractivity contribution < 1.29 is 4.79 Å². The van der Waals surface area contributed by atoms with Crippen LogP contribution >= 0.6 is 11.3 Å². The van der Waals surface area contributed by atoms with E-state index in [2.05, 4.69) is 35.9 Å². The monoisotopic (exact) mass is 240 g/mol. The molecule has 0 radical (unpaired) electrons. The Morgan fingerprint density at radius 2 is 2.25 bits per heavy atom. The molecule has 1 rings (SSSR count). The van der Waals surface area contributed by atoms with Gasteiger partial charge in [-0.25, -0.2) is 0 Å². The smallest absolute Gasteiger partial charge is 0.221 e. The van der Waals surface area contributed by atoms with Gasteiger partial charge in [-0.05, 0) is 30.4 Å². The van der Waals surface area contributed by atoms with E-state index in [1.807, 2.05) is 0 Å². The van der Waals surface area contributed by atoms with Crippen LogP contribution in [-0.2, 0) is 11.3 Å². The number of carbonyl (C=O) groups is 1. The fraction of sp³-hybridized carbons (Fsp3) is 0.583. The highest BCUT2D eigenvalue weighted by Crippen LogP contribution is 2.14. The van der Waals surface area contributed by atoms with Crippen LogP contribution < -0.4 is 10.6 Å². The Morgan fingerprint density at radius 3 is 2.88 bits per heavy atom. The molecule has 0 spiro atoms. The van der Waals surface area contributed by atoms with Crippen LogP contribution in [-0.4, -0.2) is 19.0 Å². The van der Waals surface area contributed by atoms with Crippen molar-refractivity contribution >= 4 is 17.2 Å². The summed E-state index contributed by atoms with van der Waals surface area (Å²) in [4.78, 5) is 12.6. The van der Waals surface area contributed by atoms with E-state index in [0.29, 0.717) is 6.42 Å². The van der Waals surface area contributed by atoms with Crippen LogP contribution in [0.2, 0.25) is 0 Å². The molecule has 0 aliphatic rings. The third kappa shape index (κ3) is 4.77. The van der Waals surface area contributed by atoms with Gasteiger partial charge in [-0.1, -0.05) is 6.92 Å². The second-order valence-corrected chi connectivity index (χ2v) is 4.80. The normalized spacial score (nSPS) is 10.4. The Hall–Kier alpha value is -0.870. The lowest BCUT2D eigenvalue weighted by Crippen LogP contribution is -2.27. The highest BCUT2D eigenvalue weighted by Gasteiger charge is 2.01. The van der Waals surface area contributed by atoms with Crippen molar-refractivity contribution in [3.05, 3.63) is 21.9 Å². The molecule has 1 aromatic rings. The van der Waals surface area contributed by atoms with E-state index in [4.69, 9.17) is 0 Å². The van der Waals surface area contributed by atoms with E-state index in [1.165, 1.54) is 10.4 Å². The Balaban J connectivity index is 2.08. The molecule has 0 bridgehead atoms. The zero-order valence-electron chi connectivity index (χ0n) is 10.0. The molecule has 0 aliphatic carbocycles. The molecule has 1 aromatic heterocycles. The lowest BCUT2D eigenvalue weighted by molar-refractivity contribution is -0.120. The first kappa shape index (κ1) is 13.2. The molecule has 2 N–H and O–H groups in total. The van der Waals surface area contributed by atoms with Crippen LogP contribution in [0, 0.1) is 6.92 Å². The van der Waals surface area contributed by atoms with Crippen molar-refractivity contribution in [1.29, 1.82) is 0 Å². The van der Waals surface area contributed by atoms with Crippen molar-refractivity contribution in [1.82, 2.24) is 10.6 Å². The molecule has 0 atom stereocenters. The molecule has 0 saturated heterocycles. The third-order valence-corrected chi connectivity index (χ3v) is 3.38. The summed E-state index contributed by atoms with van der Waals surface area (Å²) >= 11 is 1.76. The van der Waals surface area contributed by atoms with Crippen molar-refractivity contribution in [3.8, 4) is 0 Å². The number of nitrogens with one attached hydrogen (secondary N) is 2. The molecule has 90 valence electrons. The number of amides is 1. The van der Waals surface area contributed by atoms with Crippen LogP contribution in [0.25, 0.3) is 0 Å². The fourth-order valence-electron chi connectivity index (χ4n) is 1.34. The molecule has 0 unspecified atom stereocenters. The number of hydrogen-bond acceptors (Lipinski definition) is 3. The van der Waals surface area contributed by atoms with Crippen LogP contribution in [0.4, 0.5) is 0 Å². The Kier molecular flexibility index (Phi) is 6.11. The summed E-state index contributed by atoms with van der Waals surface area (Å²) in [7, 11) is 0. The number of carbonyl (C=O) groups excluding carboxylic acids is 1. The summed E-state index contributed by atoms with van der Waals surface area (Å²) in [5.41, 5.74) is 1.33. The van der Waals surface area contributed by atoms with Gasteiger partial charge >= 0.3 is 0 Å². The predicted octanol–water partition coefficient (Wildman–Crippen LogP) is 2.06. The van der Waals surface area contributed by atoms with Gasteiger partial charge in [0.1, 0.15) is 0 Å². The summed E-state index contributed by atoms with van der Waals surface area (Å²) in [5, 5.41) is 8.24. The summed E-state index contributed by atoms with van der Waals surface area (Å²) in [6.07, 6.45) is 1.55. The second-order valence-electron chi connectivity index (χ2n) is 3.80. The van der Waals surface area contributed by atoms with E-state index in [-0.39, 0.29) is 5.91 Å². The highest BCUT2D eigenvalue weighted by atomic mass is 32.1.